The van der Waals surface area contributed by atoms with Gasteiger partial charge < -0.3 is 4.90 Å². The highest BCUT2D eigenvalue weighted by atomic mass is 15.1. The van der Waals surface area contributed by atoms with Crippen LogP contribution in [0.2, 0.25) is 0 Å². The van der Waals surface area contributed by atoms with Crippen LogP contribution in [0.15, 0.2) is 60.0 Å². The van der Waals surface area contributed by atoms with Crippen molar-refractivity contribution in [2.24, 2.45) is 0 Å². The van der Waals surface area contributed by atoms with E-state index in [2.05, 4.69) is 62.9 Å². The highest BCUT2D eigenvalue weighted by Gasteiger charge is 2.11. The summed E-state index contributed by atoms with van der Waals surface area (Å²) in [5, 5.41) is 0. The molecule has 0 bridgehead atoms. The second-order valence-corrected chi connectivity index (χ2v) is 3.85. The summed E-state index contributed by atoms with van der Waals surface area (Å²) in [7, 11) is 2.08. The standard InChI is InChI=1S/C15H21N/c1-5-8-10-14-11-13(7-3)12-16(4)15(14)9-6-2/h7-12H,3,5-6H2,1-2,4H3/b10-8+,15-9?. The molecule has 86 valence electrons. The number of hydrogen-bond acceptors (Lipinski definition) is 1. The zero-order chi connectivity index (χ0) is 12.0. The lowest BCUT2D eigenvalue weighted by molar-refractivity contribution is 0.569. The molecular weight excluding hydrogens is 194 g/mol. The zero-order valence-electron chi connectivity index (χ0n) is 10.5. The fourth-order valence-corrected chi connectivity index (χ4v) is 1.73. The van der Waals surface area contributed by atoms with Gasteiger partial charge in [0.1, 0.15) is 0 Å². The Kier molecular flexibility index (Phi) is 4.84. The second-order valence-electron chi connectivity index (χ2n) is 3.85. The second kappa shape index (κ2) is 6.16. The molecule has 16 heavy (non-hydrogen) atoms. The average Bonchev–Trinajstić information content (AvgIpc) is 2.29. The van der Waals surface area contributed by atoms with Crippen LogP contribution < -0.4 is 0 Å². The van der Waals surface area contributed by atoms with Gasteiger partial charge in [-0.25, -0.2) is 0 Å². The topological polar surface area (TPSA) is 3.24 Å². The lowest BCUT2D eigenvalue weighted by Crippen LogP contribution is -2.15. The molecule has 0 radical (unpaired) electrons. The fourth-order valence-electron chi connectivity index (χ4n) is 1.73. The Balaban J connectivity index is 3.08. The van der Waals surface area contributed by atoms with Crippen LogP contribution in [0.3, 0.4) is 0 Å². The predicted octanol–water partition coefficient (Wildman–Crippen LogP) is 4.19. The first kappa shape index (κ1) is 12.6. The van der Waals surface area contributed by atoms with Crippen molar-refractivity contribution in [1.82, 2.24) is 4.90 Å². The van der Waals surface area contributed by atoms with Gasteiger partial charge in [0.25, 0.3) is 0 Å². The van der Waals surface area contributed by atoms with Crippen LogP contribution in [0, 0.1) is 0 Å². The lowest BCUT2D eigenvalue weighted by Gasteiger charge is -2.24. The molecule has 0 saturated carbocycles. The number of allylic oxidation sites excluding steroid dienone is 6. The van der Waals surface area contributed by atoms with Gasteiger partial charge in [0.2, 0.25) is 0 Å². The van der Waals surface area contributed by atoms with Gasteiger partial charge in [0, 0.05) is 18.9 Å². The molecule has 0 aromatic heterocycles. The van der Waals surface area contributed by atoms with Crippen molar-refractivity contribution in [3.8, 4) is 0 Å². The molecule has 0 unspecified atom stereocenters. The molecule has 1 aliphatic rings. The summed E-state index contributed by atoms with van der Waals surface area (Å²) >= 11 is 0. The first-order valence-corrected chi connectivity index (χ1v) is 5.88. The summed E-state index contributed by atoms with van der Waals surface area (Å²) in [5.41, 5.74) is 3.70. The average molecular weight is 215 g/mol. The molecule has 0 spiro atoms. The quantitative estimate of drug-likeness (QED) is 0.679. The Morgan fingerprint density at radius 3 is 2.62 bits per heavy atom. The normalized spacial score (nSPS) is 18.9. The minimum absolute atomic E-state index is 1.05. The Morgan fingerprint density at radius 2 is 2.06 bits per heavy atom. The van der Waals surface area contributed by atoms with Gasteiger partial charge in [-0.2, -0.15) is 0 Å². The SMILES string of the molecule is C=CC1=CN(C)C(=CCC)C(/C=C/CC)=C1. The molecule has 0 aromatic carbocycles. The van der Waals surface area contributed by atoms with Crippen molar-refractivity contribution in [3.63, 3.8) is 0 Å². The molecule has 0 amide bonds. The molecule has 1 nitrogen and oxygen atoms in total. The maximum absolute atomic E-state index is 3.82. The van der Waals surface area contributed by atoms with Crippen LogP contribution in [-0.2, 0) is 0 Å². The number of likely N-dealkylation sites (N-methyl/N-ethyl adjacent to an activating group) is 1. The summed E-state index contributed by atoms with van der Waals surface area (Å²) in [5.74, 6) is 0. The van der Waals surface area contributed by atoms with E-state index in [9.17, 15) is 0 Å². The Bertz CT molecular complexity index is 367. The number of hydrogen-bond donors (Lipinski definition) is 0. The summed E-state index contributed by atoms with van der Waals surface area (Å²) in [4.78, 5) is 2.16. The molecule has 1 aliphatic heterocycles. The van der Waals surface area contributed by atoms with E-state index in [0.717, 1.165) is 18.4 Å². The summed E-state index contributed by atoms with van der Waals surface area (Å²) in [6.45, 7) is 8.13. The first-order chi connectivity index (χ1) is 7.72. The summed E-state index contributed by atoms with van der Waals surface area (Å²) in [6.07, 6.45) is 14.9. The van der Waals surface area contributed by atoms with Gasteiger partial charge in [-0.05, 0) is 30.1 Å². The zero-order valence-corrected chi connectivity index (χ0v) is 10.5. The Morgan fingerprint density at radius 1 is 1.31 bits per heavy atom. The van der Waals surface area contributed by atoms with Gasteiger partial charge in [-0.1, -0.05) is 44.7 Å². The van der Waals surface area contributed by atoms with Crippen LogP contribution in [0.25, 0.3) is 0 Å². The van der Waals surface area contributed by atoms with E-state index in [1.807, 2.05) is 6.08 Å². The maximum Gasteiger partial charge on any atom is 0.0436 e. The van der Waals surface area contributed by atoms with Crippen LogP contribution in [0.5, 0.6) is 0 Å². The van der Waals surface area contributed by atoms with E-state index in [4.69, 9.17) is 0 Å². The van der Waals surface area contributed by atoms with Crippen LogP contribution in [0.4, 0.5) is 0 Å². The molecule has 0 atom stereocenters. The van der Waals surface area contributed by atoms with Gasteiger partial charge in [0.15, 0.2) is 0 Å². The smallest absolute Gasteiger partial charge is 0.0436 e. The predicted molar refractivity (Wildman–Crippen MR) is 71.9 cm³/mol. The van der Waals surface area contributed by atoms with E-state index in [1.165, 1.54) is 11.3 Å². The fraction of sp³-hybridized carbons (Fsp3) is 0.333. The van der Waals surface area contributed by atoms with Crippen LogP contribution >= 0.6 is 0 Å². The summed E-state index contributed by atoms with van der Waals surface area (Å²) in [6, 6.07) is 0. The lowest BCUT2D eigenvalue weighted by atomic mass is 10.0. The molecule has 1 rings (SSSR count). The van der Waals surface area contributed by atoms with Gasteiger partial charge >= 0.3 is 0 Å². The van der Waals surface area contributed by atoms with Crippen molar-refractivity contribution < 1.29 is 0 Å². The maximum atomic E-state index is 3.82. The molecule has 0 aliphatic carbocycles. The van der Waals surface area contributed by atoms with E-state index in [0.29, 0.717) is 0 Å². The molecule has 1 heterocycles. The molecule has 1 heteroatoms. The highest BCUT2D eigenvalue weighted by molar-refractivity contribution is 5.50. The molecule has 0 aromatic rings. The van der Waals surface area contributed by atoms with Gasteiger partial charge in [-0.15, -0.1) is 0 Å². The highest BCUT2D eigenvalue weighted by Crippen LogP contribution is 2.24. The van der Waals surface area contributed by atoms with Crippen LogP contribution in [-0.4, -0.2) is 11.9 Å². The summed E-state index contributed by atoms with van der Waals surface area (Å²) < 4.78 is 0. The molecule has 0 saturated heterocycles. The van der Waals surface area contributed by atoms with E-state index >= 15 is 0 Å². The first-order valence-electron chi connectivity index (χ1n) is 5.88. The van der Waals surface area contributed by atoms with Crippen molar-refractivity contribution in [2.75, 3.05) is 7.05 Å². The Hall–Kier alpha value is -1.50. The third-order valence-corrected chi connectivity index (χ3v) is 2.51. The monoisotopic (exact) mass is 215 g/mol. The molecular formula is C15H21N. The van der Waals surface area contributed by atoms with E-state index in [1.54, 1.807) is 0 Å². The number of nitrogens with zero attached hydrogens (tertiary/aromatic N) is 1. The van der Waals surface area contributed by atoms with E-state index in [-0.39, 0.29) is 0 Å². The van der Waals surface area contributed by atoms with Gasteiger partial charge in [-0.3, -0.25) is 0 Å². The molecule has 0 N–H and O–H groups in total. The van der Waals surface area contributed by atoms with Crippen LogP contribution in [0.1, 0.15) is 26.7 Å². The minimum atomic E-state index is 1.05. The van der Waals surface area contributed by atoms with Crippen molar-refractivity contribution in [1.29, 1.82) is 0 Å². The largest absolute Gasteiger partial charge is 0.350 e. The van der Waals surface area contributed by atoms with Crippen molar-refractivity contribution >= 4 is 0 Å². The Labute approximate surface area is 99.2 Å². The van der Waals surface area contributed by atoms with Crippen molar-refractivity contribution in [3.05, 3.63) is 60.0 Å². The third-order valence-electron chi connectivity index (χ3n) is 2.51. The third kappa shape index (κ3) is 2.99. The number of rotatable bonds is 4. The minimum Gasteiger partial charge on any atom is -0.350 e. The molecule has 0 fully saturated rings. The van der Waals surface area contributed by atoms with Crippen molar-refractivity contribution in [2.45, 2.75) is 26.7 Å². The van der Waals surface area contributed by atoms with E-state index < -0.39 is 0 Å². The van der Waals surface area contributed by atoms with Gasteiger partial charge in [0.05, 0.1) is 0 Å².